The van der Waals surface area contributed by atoms with Crippen molar-refractivity contribution in [3.63, 3.8) is 0 Å². The van der Waals surface area contributed by atoms with Gasteiger partial charge in [-0.1, -0.05) is 25.1 Å². The second-order valence-corrected chi connectivity index (χ2v) is 5.10. The van der Waals surface area contributed by atoms with Crippen molar-refractivity contribution in [2.45, 2.75) is 19.9 Å². The summed E-state index contributed by atoms with van der Waals surface area (Å²) in [5.74, 6) is 1.66. The van der Waals surface area contributed by atoms with Gasteiger partial charge in [-0.3, -0.25) is 4.98 Å². The number of hydrogen-bond acceptors (Lipinski definition) is 4. The van der Waals surface area contributed by atoms with E-state index in [2.05, 4.69) is 29.4 Å². The number of pyridine rings is 1. The van der Waals surface area contributed by atoms with Crippen molar-refractivity contribution in [2.24, 2.45) is 0 Å². The molecule has 0 fully saturated rings. The molecule has 1 atom stereocenters. The lowest BCUT2D eigenvalue weighted by Crippen LogP contribution is -2.25. The van der Waals surface area contributed by atoms with Gasteiger partial charge >= 0.3 is 0 Å². The van der Waals surface area contributed by atoms with Gasteiger partial charge in [0.2, 0.25) is 0 Å². The van der Waals surface area contributed by atoms with Crippen LogP contribution in [-0.4, -0.2) is 24.7 Å². The zero-order valence-electron chi connectivity index (χ0n) is 12.4. The molecule has 1 aromatic carbocycles. The molecule has 2 heterocycles. The van der Waals surface area contributed by atoms with Gasteiger partial charge in [0, 0.05) is 17.5 Å². The van der Waals surface area contributed by atoms with Crippen molar-refractivity contribution >= 4 is 0 Å². The van der Waals surface area contributed by atoms with Crippen LogP contribution in [0.2, 0.25) is 0 Å². The maximum Gasteiger partial charge on any atom is 0.166 e. The van der Waals surface area contributed by atoms with Crippen LogP contribution >= 0.6 is 0 Å². The van der Waals surface area contributed by atoms with Crippen molar-refractivity contribution in [1.29, 1.82) is 0 Å². The molecule has 0 amide bonds. The molecule has 0 spiro atoms. The van der Waals surface area contributed by atoms with Crippen molar-refractivity contribution in [3.8, 4) is 11.5 Å². The highest BCUT2D eigenvalue weighted by Crippen LogP contribution is 2.38. The Bertz CT molecular complexity index is 611. The van der Waals surface area contributed by atoms with Gasteiger partial charge in [-0.25, -0.2) is 0 Å². The Hall–Kier alpha value is -2.07. The zero-order chi connectivity index (χ0) is 14.7. The normalized spacial score (nSPS) is 14.8. The molecule has 110 valence electrons. The largest absolute Gasteiger partial charge is 0.486 e. The molecule has 21 heavy (non-hydrogen) atoms. The standard InChI is InChI=1S/C17H20N2O2/c1-3-18-16(13-8-7-12(2)19-11-13)14-5-4-6-15-17(14)21-10-9-20-15/h4-8,11,16,18H,3,9-10H2,1-2H3. The van der Waals surface area contributed by atoms with Gasteiger partial charge in [0.15, 0.2) is 11.5 Å². The van der Waals surface area contributed by atoms with Crippen LogP contribution in [0.3, 0.4) is 0 Å². The molecule has 0 bridgehead atoms. The minimum atomic E-state index is 0.0553. The molecule has 1 N–H and O–H groups in total. The molecule has 3 rings (SSSR count). The fraction of sp³-hybridized carbons (Fsp3) is 0.353. The maximum absolute atomic E-state index is 5.84. The molecule has 2 aromatic rings. The van der Waals surface area contributed by atoms with Crippen LogP contribution in [0.15, 0.2) is 36.5 Å². The summed E-state index contributed by atoms with van der Waals surface area (Å²) >= 11 is 0. The molecule has 0 radical (unpaired) electrons. The lowest BCUT2D eigenvalue weighted by molar-refractivity contribution is 0.169. The summed E-state index contributed by atoms with van der Waals surface area (Å²) in [6.07, 6.45) is 1.92. The summed E-state index contributed by atoms with van der Waals surface area (Å²) in [6, 6.07) is 10.2. The summed E-state index contributed by atoms with van der Waals surface area (Å²) in [7, 11) is 0. The molecule has 1 aliphatic heterocycles. The lowest BCUT2D eigenvalue weighted by atomic mass is 9.98. The predicted molar refractivity (Wildman–Crippen MR) is 81.9 cm³/mol. The van der Waals surface area contributed by atoms with Crippen molar-refractivity contribution in [2.75, 3.05) is 19.8 Å². The van der Waals surface area contributed by atoms with Gasteiger partial charge in [-0.05, 0) is 31.2 Å². The highest BCUT2D eigenvalue weighted by Gasteiger charge is 2.22. The minimum Gasteiger partial charge on any atom is -0.486 e. The number of fused-ring (bicyclic) bond motifs is 1. The van der Waals surface area contributed by atoms with Crippen molar-refractivity contribution < 1.29 is 9.47 Å². The Morgan fingerprint density at radius 2 is 2.05 bits per heavy atom. The van der Waals surface area contributed by atoms with Crippen molar-refractivity contribution in [3.05, 3.63) is 53.3 Å². The first-order chi connectivity index (χ1) is 10.3. The molecular weight excluding hydrogens is 264 g/mol. The molecule has 1 aromatic heterocycles. The van der Waals surface area contributed by atoms with Gasteiger partial charge in [-0.2, -0.15) is 0 Å². The number of nitrogens with zero attached hydrogens (tertiary/aromatic N) is 1. The third-order valence-corrected chi connectivity index (χ3v) is 3.58. The Labute approximate surface area is 125 Å². The number of aromatic nitrogens is 1. The van der Waals surface area contributed by atoms with E-state index in [1.807, 2.05) is 31.3 Å². The smallest absolute Gasteiger partial charge is 0.166 e. The van der Waals surface area contributed by atoms with E-state index < -0.39 is 0 Å². The Kier molecular flexibility index (Phi) is 4.06. The molecule has 0 saturated heterocycles. The number of nitrogens with one attached hydrogen (secondary N) is 1. The van der Waals surface area contributed by atoms with E-state index in [9.17, 15) is 0 Å². The van der Waals surface area contributed by atoms with Crippen LogP contribution in [0.5, 0.6) is 11.5 Å². The minimum absolute atomic E-state index is 0.0553. The molecule has 0 saturated carbocycles. The first-order valence-corrected chi connectivity index (χ1v) is 7.34. The second kappa shape index (κ2) is 6.14. The lowest BCUT2D eigenvalue weighted by Gasteiger charge is -2.26. The van der Waals surface area contributed by atoms with Crippen LogP contribution in [0, 0.1) is 6.92 Å². The molecule has 1 aliphatic rings. The number of hydrogen-bond donors (Lipinski definition) is 1. The average Bonchev–Trinajstić information content (AvgIpc) is 2.53. The van der Waals surface area contributed by atoms with Gasteiger partial charge in [0.1, 0.15) is 13.2 Å². The summed E-state index contributed by atoms with van der Waals surface area (Å²) in [5, 5.41) is 3.51. The molecule has 4 nitrogen and oxygen atoms in total. The fourth-order valence-electron chi connectivity index (χ4n) is 2.59. The van der Waals surface area contributed by atoms with E-state index >= 15 is 0 Å². The molecule has 0 aliphatic carbocycles. The van der Waals surface area contributed by atoms with Gasteiger partial charge < -0.3 is 14.8 Å². The van der Waals surface area contributed by atoms with E-state index in [1.54, 1.807) is 0 Å². The zero-order valence-corrected chi connectivity index (χ0v) is 12.4. The summed E-state index contributed by atoms with van der Waals surface area (Å²) < 4.78 is 11.5. The molecular formula is C17H20N2O2. The van der Waals surface area contributed by atoms with Gasteiger partial charge in [-0.15, -0.1) is 0 Å². The Balaban J connectivity index is 2.03. The first kappa shape index (κ1) is 13.9. The maximum atomic E-state index is 5.84. The third-order valence-electron chi connectivity index (χ3n) is 3.58. The summed E-state index contributed by atoms with van der Waals surface area (Å²) in [4.78, 5) is 4.41. The van der Waals surface area contributed by atoms with E-state index in [0.29, 0.717) is 13.2 Å². The van der Waals surface area contributed by atoms with Crippen molar-refractivity contribution in [1.82, 2.24) is 10.3 Å². The number of ether oxygens (including phenoxy) is 2. The highest BCUT2D eigenvalue weighted by molar-refractivity contribution is 5.51. The van der Waals surface area contributed by atoms with E-state index in [0.717, 1.165) is 34.9 Å². The number of para-hydroxylation sites is 1. The second-order valence-electron chi connectivity index (χ2n) is 5.10. The van der Waals surface area contributed by atoms with Crippen LogP contribution in [0.4, 0.5) is 0 Å². The molecule has 1 unspecified atom stereocenters. The summed E-state index contributed by atoms with van der Waals surface area (Å²) in [6.45, 7) is 6.15. The van der Waals surface area contributed by atoms with Crippen LogP contribution < -0.4 is 14.8 Å². The Morgan fingerprint density at radius 1 is 1.19 bits per heavy atom. The third kappa shape index (κ3) is 2.85. The van der Waals surface area contributed by atoms with Crippen LogP contribution in [0.1, 0.15) is 29.8 Å². The van der Waals surface area contributed by atoms with E-state index in [-0.39, 0.29) is 6.04 Å². The first-order valence-electron chi connectivity index (χ1n) is 7.34. The number of aryl methyl sites for hydroxylation is 1. The monoisotopic (exact) mass is 284 g/mol. The SMILES string of the molecule is CCNC(c1ccc(C)nc1)c1cccc2c1OCCO2. The Morgan fingerprint density at radius 3 is 2.81 bits per heavy atom. The summed E-state index contributed by atoms with van der Waals surface area (Å²) in [5.41, 5.74) is 3.24. The number of rotatable bonds is 4. The quantitative estimate of drug-likeness (QED) is 0.937. The van der Waals surface area contributed by atoms with E-state index in [4.69, 9.17) is 9.47 Å². The number of benzene rings is 1. The average molecular weight is 284 g/mol. The molecule has 4 heteroatoms. The van der Waals surface area contributed by atoms with E-state index in [1.165, 1.54) is 0 Å². The fourth-order valence-corrected chi connectivity index (χ4v) is 2.59. The van der Waals surface area contributed by atoms with Crippen LogP contribution in [-0.2, 0) is 0 Å². The predicted octanol–water partition coefficient (Wildman–Crippen LogP) is 2.86. The van der Waals surface area contributed by atoms with Gasteiger partial charge in [0.25, 0.3) is 0 Å². The van der Waals surface area contributed by atoms with Gasteiger partial charge in [0.05, 0.1) is 6.04 Å². The van der Waals surface area contributed by atoms with Crippen LogP contribution in [0.25, 0.3) is 0 Å². The highest BCUT2D eigenvalue weighted by atomic mass is 16.6. The topological polar surface area (TPSA) is 43.4 Å².